The summed E-state index contributed by atoms with van der Waals surface area (Å²) in [4.78, 5) is 0. The van der Waals surface area contributed by atoms with Crippen LogP contribution in [0.3, 0.4) is 0 Å². The summed E-state index contributed by atoms with van der Waals surface area (Å²) in [5, 5.41) is 6.12. The molecule has 1 aromatic rings. The molecule has 0 aromatic heterocycles. The monoisotopic (exact) mass is 372 g/mol. The van der Waals surface area contributed by atoms with E-state index in [0.717, 1.165) is 6.42 Å². The summed E-state index contributed by atoms with van der Waals surface area (Å²) in [7, 11) is -1.71. The molecule has 0 saturated heterocycles. The van der Waals surface area contributed by atoms with Crippen molar-refractivity contribution in [3.63, 3.8) is 0 Å². The summed E-state index contributed by atoms with van der Waals surface area (Å²) in [6.07, 6.45) is 10.9. The minimum atomic E-state index is -1.71. The zero-order valence-corrected chi connectivity index (χ0v) is 17.7. The van der Waals surface area contributed by atoms with E-state index in [1.54, 1.807) is 16.0 Å². The number of hydrogen-bond donors (Lipinski definition) is 0. The SMILES string of the molecule is CC1=C([Si](C)(C)C2=Cc3ccccc3C2)C2=CC3SC=CC3=C(C)C2=C1. The third kappa shape index (κ3) is 2.22. The second kappa shape index (κ2) is 5.61. The Hall–Kier alpha value is -1.77. The molecular formula is C24H24SSi. The number of rotatable bonds is 2. The number of fused-ring (bicyclic) bond motifs is 3. The Morgan fingerprint density at radius 3 is 2.65 bits per heavy atom. The van der Waals surface area contributed by atoms with Gasteiger partial charge in [-0.25, -0.2) is 0 Å². The molecule has 1 aromatic carbocycles. The molecule has 4 aliphatic rings. The molecular weight excluding hydrogens is 348 g/mol. The van der Waals surface area contributed by atoms with Gasteiger partial charge in [-0.3, -0.25) is 0 Å². The highest BCUT2D eigenvalue weighted by Gasteiger charge is 2.40. The molecule has 5 rings (SSSR count). The van der Waals surface area contributed by atoms with Crippen LogP contribution < -0.4 is 0 Å². The summed E-state index contributed by atoms with van der Waals surface area (Å²) in [6.45, 7) is 9.74. The molecule has 3 aliphatic carbocycles. The molecule has 0 nitrogen and oxygen atoms in total. The van der Waals surface area contributed by atoms with Gasteiger partial charge in [-0.15, -0.1) is 11.8 Å². The molecule has 1 unspecified atom stereocenters. The van der Waals surface area contributed by atoms with E-state index in [4.69, 9.17) is 0 Å². The Labute approximate surface area is 161 Å². The van der Waals surface area contributed by atoms with Crippen LogP contribution in [0.25, 0.3) is 6.08 Å². The van der Waals surface area contributed by atoms with E-state index in [2.05, 4.69) is 80.9 Å². The van der Waals surface area contributed by atoms with Crippen LogP contribution in [0.5, 0.6) is 0 Å². The molecule has 130 valence electrons. The molecule has 0 saturated carbocycles. The van der Waals surface area contributed by atoms with Gasteiger partial charge in [-0.2, -0.15) is 0 Å². The standard InChI is InChI=1S/C24H24SSi/c1-15-11-21-16(2)20-9-10-25-23(20)14-22(21)24(15)26(3,4)19-12-17-7-5-6-8-18(17)13-19/h5-12,14,23H,13H2,1-4H3. The van der Waals surface area contributed by atoms with Gasteiger partial charge in [0, 0.05) is 0 Å². The Bertz CT molecular complexity index is 1020. The van der Waals surface area contributed by atoms with E-state index < -0.39 is 8.07 Å². The van der Waals surface area contributed by atoms with Gasteiger partial charge in [0.2, 0.25) is 0 Å². The Morgan fingerprint density at radius 1 is 1.04 bits per heavy atom. The summed E-state index contributed by atoms with van der Waals surface area (Å²) in [6, 6.07) is 8.90. The van der Waals surface area contributed by atoms with Gasteiger partial charge in [-0.05, 0) is 64.3 Å². The van der Waals surface area contributed by atoms with Gasteiger partial charge in [0.1, 0.15) is 8.07 Å². The Morgan fingerprint density at radius 2 is 1.85 bits per heavy atom. The average molecular weight is 373 g/mol. The Balaban J connectivity index is 1.57. The van der Waals surface area contributed by atoms with Gasteiger partial charge < -0.3 is 0 Å². The quantitative estimate of drug-likeness (QED) is 0.530. The van der Waals surface area contributed by atoms with E-state index in [1.807, 2.05) is 11.8 Å². The zero-order chi connectivity index (χ0) is 18.1. The molecule has 1 heterocycles. The summed E-state index contributed by atoms with van der Waals surface area (Å²) in [5.74, 6) is 0. The fraction of sp³-hybridized carbons (Fsp3) is 0.250. The van der Waals surface area contributed by atoms with Crippen LogP contribution in [0.4, 0.5) is 0 Å². The molecule has 0 amide bonds. The van der Waals surface area contributed by atoms with E-state index in [9.17, 15) is 0 Å². The highest BCUT2D eigenvalue weighted by atomic mass is 32.2. The zero-order valence-electron chi connectivity index (χ0n) is 15.9. The molecule has 0 N–H and O–H groups in total. The Kier molecular flexibility index (Phi) is 3.54. The molecule has 1 atom stereocenters. The van der Waals surface area contributed by atoms with Gasteiger partial charge in [0.15, 0.2) is 0 Å². The first-order valence-electron chi connectivity index (χ1n) is 9.44. The van der Waals surface area contributed by atoms with Gasteiger partial charge >= 0.3 is 0 Å². The predicted octanol–water partition coefficient (Wildman–Crippen LogP) is 6.56. The molecule has 2 heteroatoms. The fourth-order valence-corrected chi connectivity index (χ4v) is 9.44. The van der Waals surface area contributed by atoms with Crippen LogP contribution >= 0.6 is 11.8 Å². The van der Waals surface area contributed by atoms with Crippen molar-refractivity contribution in [3.8, 4) is 0 Å². The van der Waals surface area contributed by atoms with Crippen molar-refractivity contribution < 1.29 is 0 Å². The number of benzene rings is 1. The number of allylic oxidation sites excluding steroid dienone is 8. The third-order valence-corrected chi connectivity index (χ3v) is 11.3. The first-order valence-corrected chi connectivity index (χ1v) is 13.4. The first-order chi connectivity index (χ1) is 12.5. The minimum Gasteiger partial charge on any atom is -0.122 e. The first kappa shape index (κ1) is 16.4. The molecule has 0 fully saturated rings. The maximum absolute atomic E-state index is 2.55. The van der Waals surface area contributed by atoms with E-state index in [0.29, 0.717) is 5.25 Å². The second-order valence-corrected chi connectivity index (χ2v) is 13.8. The maximum atomic E-state index is 2.55. The predicted molar refractivity (Wildman–Crippen MR) is 118 cm³/mol. The highest BCUT2D eigenvalue weighted by Crippen LogP contribution is 2.50. The van der Waals surface area contributed by atoms with Crippen LogP contribution in [0.2, 0.25) is 13.1 Å². The molecule has 1 aliphatic heterocycles. The minimum absolute atomic E-state index is 0.516. The van der Waals surface area contributed by atoms with Crippen LogP contribution in [0.1, 0.15) is 25.0 Å². The van der Waals surface area contributed by atoms with Crippen molar-refractivity contribution in [2.75, 3.05) is 0 Å². The van der Waals surface area contributed by atoms with Gasteiger partial charge in [0.05, 0.1) is 5.25 Å². The summed E-state index contributed by atoms with van der Waals surface area (Å²) >= 11 is 1.95. The van der Waals surface area contributed by atoms with Gasteiger partial charge in [0.25, 0.3) is 0 Å². The van der Waals surface area contributed by atoms with Crippen LogP contribution in [-0.4, -0.2) is 13.3 Å². The molecule has 0 radical (unpaired) electrons. The topological polar surface area (TPSA) is 0 Å². The lowest BCUT2D eigenvalue weighted by atomic mass is 9.89. The normalized spacial score (nSPS) is 23.7. The average Bonchev–Trinajstić information content (AvgIpc) is 3.31. The lowest BCUT2D eigenvalue weighted by Crippen LogP contribution is -2.34. The molecule has 0 bridgehead atoms. The summed E-state index contributed by atoms with van der Waals surface area (Å²) < 4.78 is 0. The largest absolute Gasteiger partial charge is 0.122 e. The van der Waals surface area contributed by atoms with Crippen LogP contribution in [-0.2, 0) is 6.42 Å². The maximum Gasteiger partial charge on any atom is 0.109 e. The van der Waals surface area contributed by atoms with Gasteiger partial charge in [-0.1, -0.05) is 72.4 Å². The third-order valence-electron chi connectivity index (χ3n) is 6.44. The van der Waals surface area contributed by atoms with Crippen molar-refractivity contribution >= 4 is 25.9 Å². The van der Waals surface area contributed by atoms with Crippen molar-refractivity contribution in [1.82, 2.24) is 0 Å². The number of hydrogen-bond acceptors (Lipinski definition) is 1. The lowest BCUT2D eigenvalue weighted by molar-refractivity contribution is 1.17. The number of thioether (sulfide) groups is 1. The fourth-order valence-electron chi connectivity index (χ4n) is 5.01. The van der Waals surface area contributed by atoms with Crippen molar-refractivity contribution in [3.05, 3.63) is 97.3 Å². The van der Waals surface area contributed by atoms with Crippen LogP contribution in [0, 0.1) is 0 Å². The summed E-state index contributed by atoms with van der Waals surface area (Å²) in [5.41, 5.74) is 10.4. The highest BCUT2D eigenvalue weighted by molar-refractivity contribution is 8.03. The van der Waals surface area contributed by atoms with Crippen molar-refractivity contribution in [2.45, 2.75) is 38.6 Å². The van der Waals surface area contributed by atoms with E-state index in [1.165, 1.54) is 33.4 Å². The van der Waals surface area contributed by atoms with Crippen molar-refractivity contribution in [2.24, 2.45) is 0 Å². The van der Waals surface area contributed by atoms with E-state index >= 15 is 0 Å². The van der Waals surface area contributed by atoms with Crippen LogP contribution in [0.15, 0.2) is 86.2 Å². The molecule has 26 heavy (non-hydrogen) atoms. The lowest BCUT2D eigenvalue weighted by Gasteiger charge is -2.32. The van der Waals surface area contributed by atoms with Crippen molar-refractivity contribution in [1.29, 1.82) is 0 Å². The smallest absolute Gasteiger partial charge is 0.109 e. The molecule has 0 spiro atoms. The van der Waals surface area contributed by atoms with E-state index in [-0.39, 0.29) is 0 Å². The second-order valence-electron chi connectivity index (χ2n) is 8.31.